The third-order valence-corrected chi connectivity index (χ3v) is 3.36. The second-order valence-corrected chi connectivity index (χ2v) is 4.80. The van der Waals surface area contributed by atoms with Crippen LogP contribution >= 0.6 is 0 Å². The van der Waals surface area contributed by atoms with Gasteiger partial charge in [0.05, 0.1) is 12.8 Å². The van der Waals surface area contributed by atoms with Crippen molar-refractivity contribution in [2.45, 2.75) is 0 Å². The summed E-state index contributed by atoms with van der Waals surface area (Å²) in [5.41, 5.74) is 2.22. The van der Waals surface area contributed by atoms with Crippen LogP contribution in [0.3, 0.4) is 0 Å². The van der Waals surface area contributed by atoms with Gasteiger partial charge in [-0.2, -0.15) is 0 Å². The maximum absolute atomic E-state index is 12.2. The fraction of sp³-hybridized carbons (Fsp3) is 0.0556. The molecule has 3 rings (SSSR count). The molecule has 110 valence electrons. The molecule has 0 atom stereocenters. The van der Waals surface area contributed by atoms with E-state index in [1.54, 1.807) is 19.2 Å². The zero-order valence-electron chi connectivity index (χ0n) is 12.2. The van der Waals surface area contributed by atoms with Crippen LogP contribution < -0.4 is 10.1 Å². The lowest BCUT2D eigenvalue weighted by molar-refractivity contribution is 0.102. The molecule has 2 aromatic carbocycles. The lowest BCUT2D eigenvalue weighted by Gasteiger charge is -2.12. The molecule has 1 heterocycles. The normalized spacial score (nSPS) is 10.2. The first-order valence-electron chi connectivity index (χ1n) is 6.96. The summed E-state index contributed by atoms with van der Waals surface area (Å²) in [7, 11) is 1.63. The molecule has 0 aliphatic carbocycles. The van der Waals surface area contributed by atoms with Crippen LogP contribution in [0, 0.1) is 0 Å². The average Bonchev–Trinajstić information content (AvgIpc) is 3.10. The summed E-state index contributed by atoms with van der Waals surface area (Å²) in [5.74, 6) is 0.609. The van der Waals surface area contributed by atoms with Gasteiger partial charge in [0.25, 0.3) is 5.91 Å². The highest BCUT2D eigenvalue weighted by molar-refractivity contribution is 6.04. The molecule has 0 fully saturated rings. The highest BCUT2D eigenvalue weighted by atomic mass is 16.5. The van der Waals surface area contributed by atoms with Gasteiger partial charge in [0.1, 0.15) is 5.75 Å². The summed E-state index contributed by atoms with van der Waals surface area (Å²) in [5, 5.41) is 2.90. The predicted molar refractivity (Wildman–Crippen MR) is 86.7 cm³/mol. The number of rotatable bonds is 4. The zero-order valence-corrected chi connectivity index (χ0v) is 12.2. The molecular weight excluding hydrogens is 276 g/mol. The van der Waals surface area contributed by atoms with Crippen LogP contribution in [0.4, 0.5) is 5.69 Å². The number of ether oxygens (including phenoxy) is 1. The molecule has 0 aliphatic heterocycles. The van der Waals surface area contributed by atoms with Gasteiger partial charge < -0.3 is 14.6 Å². The topological polar surface area (TPSA) is 43.3 Å². The molecule has 0 saturated heterocycles. The Morgan fingerprint density at radius 1 is 1.00 bits per heavy atom. The Hall–Kier alpha value is -3.01. The van der Waals surface area contributed by atoms with Gasteiger partial charge in [0.15, 0.2) is 0 Å². The minimum absolute atomic E-state index is 0.135. The largest absolute Gasteiger partial charge is 0.495 e. The van der Waals surface area contributed by atoms with Crippen LogP contribution in [-0.2, 0) is 0 Å². The Labute approximate surface area is 129 Å². The SMILES string of the molecule is COc1ccc(NC(=O)c2ccccc2)cc1-n1cccc1. The maximum atomic E-state index is 12.2. The monoisotopic (exact) mass is 292 g/mol. The Morgan fingerprint density at radius 2 is 1.73 bits per heavy atom. The average molecular weight is 292 g/mol. The van der Waals surface area contributed by atoms with Crippen molar-refractivity contribution in [2.24, 2.45) is 0 Å². The molecular formula is C18H16N2O2. The molecule has 4 nitrogen and oxygen atoms in total. The summed E-state index contributed by atoms with van der Waals surface area (Å²) in [6.07, 6.45) is 3.86. The van der Waals surface area contributed by atoms with Crippen LogP contribution in [0.2, 0.25) is 0 Å². The molecule has 0 aliphatic rings. The van der Waals surface area contributed by atoms with Crippen LogP contribution in [0.25, 0.3) is 5.69 Å². The molecule has 0 saturated carbocycles. The lowest BCUT2D eigenvalue weighted by Crippen LogP contribution is -2.12. The number of benzene rings is 2. The molecule has 3 aromatic rings. The standard InChI is InChI=1S/C18H16N2O2/c1-22-17-10-9-15(13-16(17)20-11-5-6-12-20)19-18(21)14-7-3-2-4-8-14/h2-13H,1H3,(H,19,21). The lowest BCUT2D eigenvalue weighted by atomic mass is 10.2. The molecule has 0 bridgehead atoms. The number of anilines is 1. The van der Waals surface area contributed by atoms with E-state index >= 15 is 0 Å². The Balaban J connectivity index is 1.89. The summed E-state index contributed by atoms with van der Waals surface area (Å²) < 4.78 is 7.32. The van der Waals surface area contributed by atoms with E-state index in [1.807, 2.05) is 65.5 Å². The van der Waals surface area contributed by atoms with E-state index in [-0.39, 0.29) is 5.91 Å². The number of hydrogen-bond acceptors (Lipinski definition) is 2. The number of carbonyl (C=O) groups is 1. The molecule has 0 spiro atoms. The third-order valence-electron chi connectivity index (χ3n) is 3.36. The van der Waals surface area contributed by atoms with Gasteiger partial charge in [0.2, 0.25) is 0 Å². The van der Waals surface area contributed by atoms with Crippen molar-refractivity contribution in [3.63, 3.8) is 0 Å². The summed E-state index contributed by atoms with van der Waals surface area (Å²) in [6.45, 7) is 0. The van der Waals surface area contributed by atoms with E-state index in [4.69, 9.17) is 4.74 Å². The zero-order chi connectivity index (χ0) is 15.4. The number of methoxy groups -OCH3 is 1. The summed E-state index contributed by atoms with van der Waals surface area (Å²) in [4.78, 5) is 12.2. The van der Waals surface area contributed by atoms with Gasteiger partial charge in [-0.3, -0.25) is 4.79 Å². The first-order chi connectivity index (χ1) is 10.8. The molecule has 0 radical (unpaired) electrons. The van der Waals surface area contributed by atoms with Crippen molar-refractivity contribution in [1.82, 2.24) is 4.57 Å². The maximum Gasteiger partial charge on any atom is 0.255 e. The minimum atomic E-state index is -0.135. The van der Waals surface area contributed by atoms with Crippen molar-refractivity contribution in [3.05, 3.63) is 78.6 Å². The molecule has 0 unspecified atom stereocenters. The second-order valence-electron chi connectivity index (χ2n) is 4.80. The van der Waals surface area contributed by atoms with Crippen molar-refractivity contribution in [2.75, 3.05) is 12.4 Å². The van der Waals surface area contributed by atoms with Gasteiger partial charge in [-0.15, -0.1) is 0 Å². The number of nitrogens with one attached hydrogen (secondary N) is 1. The van der Waals surface area contributed by atoms with Crippen LogP contribution in [-0.4, -0.2) is 17.6 Å². The molecule has 22 heavy (non-hydrogen) atoms. The first kappa shape index (κ1) is 13.9. The first-order valence-corrected chi connectivity index (χ1v) is 6.96. The van der Waals surface area contributed by atoms with Gasteiger partial charge >= 0.3 is 0 Å². The molecule has 4 heteroatoms. The van der Waals surface area contributed by atoms with E-state index < -0.39 is 0 Å². The second kappa shape index (κ2) is 6.18. The molecule has 1 N–H and O–H groups in total. The van der Waals surface area contributed by atoms with Crippen LogP contribution in [0.5, 0.6) is 5.75 Å². The summed E-state index contributed by atoms with van der Waals surface area (Å²) >= 11 is 0. The van der Waals surface area contributed by atoms with E-state index in [9.17, 15) is 4.79 Å². The van der Waals surface area contributed by atoms with Crippen LogP contribution in [0.15, 0.2) is 73.1 Å². The van der Waals surface area contributed by atoms with Gasteiger partial charge in [0, 0.05) is 23.6 Å². The Morgan fingerprint density at radius 3 is 2.41 bits per heavy atom. The van der Waals surface area contributed by atoms with Crippen molar-refractivity contribution in [3.8, 4) is 11.4 Å². The van der Waals surface area contributed by atoms with Crippen molar-refractivity contribution >= 4 is 11.6 Å². The molecule has 1 aromatic heterocycles. The number of aromatic nitrogens is 1. The van der Waals surface area contributed by atoms with E-state index in [1.165, 1.54) is 0 Å². The highest BCUT2D eigenvalue weighted by Crippen LogP contribution is 2.26. The quantitative estimate of drug-likeness (QED) is 0.796. The van der Waals surface area contributed by atoms with Crippen LogP contribution in [0.1, 0.15) is 10.4 Å². The van der Waals surface area contributed by atoms with Crippen molar-refractivity contribution in [1.29, 1.82) is 0 Å². The Bertz CT molecular complexity index is 765. The minimum Gasteiger partial charge on any atom is -0.495 e. The van der Waals surface area contributed by atoms with Gasteiger partial charge in [-0.1, -0.05) is 18.2 Å². The fourth-order valence-electron chi connectivity index (χ4n) is 2.26. The van der Waals surface area contributed by atoms with Gasteiger partial charge in [-0.05, 0) is 42.5 Å². The molecule has 1 amide bonds. The van der Waals surface area contributed by atoms with E-state index in [0.717, 1.165) is 17.1 Å². The smallest absolute Gasteiger partial charge is 0.255 e. The summed E-state index contributed by atoms with van der Waals surface area (Å²) in [6, 6.07) is 18.6. The van der Waals surface area contributed by atoms with Gasteiger partial charge in [-0.25, -0.2) is 0 Å². The number of carbonyl (C=O) groups excluding carboxylic acids is 1. The fourth-order valence-corrected chi connectivity index (χ4v) is 2.26. The third kappa shape index (κ3) is 2.86. The van der Waals surface area contributed by atoms with E-state index in [0.29, 0.717) is 5.56 Å². The van der Waals surface area contributed by atoms with E-state index in [2.05, 4.69) is 5.32 Å². The number of amides is 1. The number of nitrogens with zero attached hydrogens (tertiary/aromatic N) is 1. The highest BCUT2D eigenvalue weighted by Gasteiger charge is 2.09. The predicted octanol–water partition coefficient (Wildman–Crippen LogP) is 3.74. The van der Waals surface area contributed by atoms with Crippen molar-refractivity contribution < 1.29 is 9.53 Å². The number of hydrogen-bond donors (Lipinski definition) is 1. The Kier molecular flexibility index (Phi) is 3.92.